The molecular formula is C16H11F3N2S. The van der Waals surface area contributed by atoms with Crippen molar-refractivity contribution in [3.63, 3.8) is 0 Å². The van der Waals surface area contributed by atoms with Crippen molar-refractivity contribution < 1.29 is 13.2 Å². The molecular weight excluding hydrogens is 309 g/mol. The second kappa shape index (κ2) is 5.53. The Balaban J connectivity index is 2.08. The summed E-state index contributed by atoms with van der Waals surface area (Å²) in [5.74, 6) is 0. The maximum Gasteiger partial charge on any atom is 0.425 e. The molecule has 0 aliphatic carbocycles. The van der Waals surface area contributed by atoms with Crippen LogP contribution in [0.2, 0.25) is 0 Å². The Kier molecular flexibility index (Phi) is 3.70. The van der Waals surface area contributed by atoms with Crippen LogP contribution in [0, 0.1) is 6.92 Å². The summed E-state index contributed by atoms with van der Waals surface area (Å²) < 4.78 is 38.3. The van der Waals surface area contributed by atoms with Crippen molar-refractivity contribution >= 4 is 11.3 Å². The Hall–Kier alpha value is -2.21. The molecule has 0 fully saturated rings. The van der Waals surface area contributed by atoms with Gasteiger partial charge in [0.25, 0.3) is 0 Å². The number of benzene rings is 1. The number of nitrogens with zero attached hydrogens (tertiary/aromatic N) is 2. The minimum absolute atomic E-state index is 0.570. The number of halogens is 3. The number of hydrogen-bond donors (Lipinski definition) is 0. The standard InChI is InChI=1S/C16H11F3N2S/c1-10-12(11-7-15(22-9-11)16(17,18)19)3-2-4-13(10)14-8-20-5-6-21-14/h2-9H,1H3. The first-order chi connectivity index (χ1) is 10.5. The smallest absolute Gasteiger partial charge is 0.261 e. The zero-order valence-electron chi connectivity index (χ0n) is 11.6. The number of rotatable bonds is 2. The van der Waals surface area contributed by atoms with E-state index >= 15 is 0 Å². The fourth-order valence-corrected chi connectivity index (χ4v) is 3.07. The molecule has 0 spiro atoms. The lowest BCUT2D eigenvalue weighted by Crippen LogP contribution is -2.00. The number of aromatic nitrogens is 2. The lowest BCUT2D eigenvalue weighted by molar-refractivity contribution is -0.134. The van der Waals surface area contributed by atoms with Gasteiger partial charge in [-0.25, -0.2) is 0 Å². The normalized spacial score (nSPS) is 11.6. The molecule has 0 aliphatic rings. The molecule has 112 valence electrons. The van der Waals surface area contributed by atoms with Gasteiger partial charge in [-0.05, 0) is 35.1 Å². The van der Waals surface area contributed by atoms with Crippen LogP contribution in [0.3, 0.4) is 0 Å². The highest BCUT2D eigenvalue weighted by Gasteiger charge is 2.32. The number of alkyl halides is 3. The average Bonchev–Trinajstić information content (AvgIpc) is 2.98. The Morgan fingerprint density at radius 3 is 2.50 bits per heavy atom. The van der Waals surface area contributed by atoms with Gasteiger partial charge in [-0.2, -0.15) is 13.2 Å². The largest absolute Gasteiger partial charge is 0.425 e. The summed E-state index contributed by atoms with van der Waals surface area (Å²) in [6.07, 6.45) is 0.505. The van der Waals surface area contributed by atoms with Gasteiger partial charge in [-0.15, -0.1) is 11.3 Å². The fraction of sp³-hybridized carbons (Fsp3) is 0.125. The van der Waals surface area contributed by atoms with Gasteiger partial charge in [0, 0.05) is 18.0 Å². The lowest BCUT2D eigenvalue weighted by Gasteiger charge is -2.09. The van der Waals surface area contributed by atoms with E-state index in [9.17, 15) is 13.2 Å². The molecule has 0 saturated carbocycles. The van der Waals surface area contributed by atoms with Crippen molar-refractivity contribution in [2.24, 2.45) is 0 Å². The van der Waals surface area contributed by atoms with Crippen LogP contribution in [0.25, 0.3) is 22.4 Å². The van der Waals surface area contributed by atoms with E-state index in [1.54, 1.807) is 18.6 Å². The zero-order valence-corrected chi connectivity index (χ0v) is 12.4. The molecule has 6 heteroatoms. The van der Waals surface area contributed by atoms with Gasteiger partial charge in [0.1, 0.15) is 4.88 Å². The van der Waals surface area contributed by atoms with Crippen molar-refractivity contribution in [3.05, 3.63) is 58.7 Å². The zero-order chi connectivity index (χ0) is 15.7. The van der Waals surface area contributed by atoms with Gasteiger partial charge in [0.2, 0.25) is 0 Å². The summed E-state index contributed by atoms with van der Waals surface area (Å²) in [6.45, 7) is 1.88. The maximum atomic E-state index is 12.8. The molecule has 3 rings (SSSR count). The minimum atomic E-state index is -4.31. The van der Waals surface area contributed by atoms with E-state index in [0.717, 1.165) is 16.7 Å². The van der Waals surface area contributed by atoms with Crippen LogP contribution in [0.5, 0.6) is 0 Å². The summed E-state index contributed by atoms with van der Waals surface area (Å²) in [5.41, 5.74) is 3.79. The predicted octanol–water partition coefficient (Wildman–Crippen LogP) is 5.20. The third-order valence-corrected chi connectivity index (χ3v) is 4.34. The van der Waals surface area contributed by atoms with Crippen molar-refractivity contribution in [2.45, 2.75) is 13.1 Å². The quantitative estimate of drug-likeness (QED) is 0.648. The second-order valence-corrected chi connectivity index (χ2v) is 5.68. The highest BCUT2D eigenvalue weighted by atomic mass is 32.1. The van der Waals surface area contributed by atoms with E-state index < -0.39 is 11.1 Å². The third kappa shape index (κ3) is 2.74. The van der Waals surface area contributed by atoms with Crippen LogP contribution in [0.4, 0.5) is 13.2 Å². The summed E-state index contributed by atoms with van der Waals surface area (Å²) in [4.78, 5) is 7.69. The van der Waals surface area contributed by atoms with Crippen molar-refractivity contribution in [1.29, 1.82) is 0 Å². The summed E-state index contributed by atoms with van der Waals surface area (Å²) in [7, 11) is 0. The van der Waals surface area contributed by atoms with Crippen LogP contribution in [0.1, 0.15) is 10.4 Å². The fourth-order valence-electron chi connectivity index (χ4n) is 2.29. The molecule has 0 unspecified atom stereocenters. The Morgan fingerprint density at radius 2 is 1.86 bits per heavy atom. The third-order valence-electron chi connectivity index (χ3n) is 3.36. The van der Waals surface area contributed by atoms with E-state index in [1.807, 2.05) is 25.1 Å². The van der Waals surface area contributed by atoms with E-state index in [-0.39, 0.29) is 0 Å². The van der Waals surface area contributed by atoms with Crippen LogP contribution in [0.15, 0.2) is 48.2 Å². The predicted molar refractivity (Wildman–Crippen MR) is 80.5 cm³/mol. The van der Waals surface area contributed by atoms with Gasteiger partial charge < -0.3 is 0 Å². The van der Waals surface area contributed by atoms with Gasteiger partial charge >= 0.3 is 6.18 Å². The van der Waals surface area contributed by atoms with E-state index in [2.05, 4.69) is 9.97 Å². The second-order valence-electron chi connectivity index (χ2n) is 4.77. The molecule has 0 N–H and O–H groups in total. The van der Waals surface area contributed by atoms with Crippen molar-refractivity contribution in [2.75, 3.05) is 0 Å². The van der Waals surface area contributed by atoms with E-state index in [1.165, 1.54) is 11.4 Å². The molecule has 0 saturated heterocycles. The van der Waals surface area contributed by atoms with Gasteiger partial charge in [0.05, 0.1) is 11.9 Å². The first-order valence-electron chi connectivity index (χ1n) is 6.49. The van der Waals surface area contributed by atoms with E-state index in [4.69, 9.17) is 0 Å². The molecule has 2 heterocycles. The minimum Gasteiger partial charge on any atom is -0.261 e. The SMILES string of the molecule is Cc1c(-c2csc(C(F)(F)F)c2)cccc1-c1cnccn1. The highest BCUT2D eigenvalue weighted by Crippen LogP contribution is 2.39. The topological polar surface area (TPSA) is 25.8 Å². The maximum absolute atomic E-state index is 12.8. The van der Waals surface area contributed by atoms with Gasteiger partial charge in [-0.1, -0.05) is 18.2 Å². The monoisotopic (exact) mass is 320 g/mol. The Morgan fingerprint density at radius 1 is 1.09 bits per heavy atom. The Labute approximate surface area is 129 Å². The Bertz CT molecular complexity index is 795. The molecule has 0 bridgehead atoms. The lowest BCUT2D eigenvalue weighted by atomic mass is 9.96. The van der Waals surface area contributed by atoms with E-state index in [0.29, 0.717) is 22.6 Å². The number of thiophene rings is 1. The molecule has 0 atom stereocenters. The van der Waals surface area contributed by atoms with Crippen LogP contribution in [-0.2, 0) is 6.18 Å². The first kappa shape index (κ1) is 14.7. The highest BCUT2D eigenvalue weighted by molar-refractivity contribution is 7.10. The van der Waals surface area contributed by atoms with Crippen LogP contribution >= 0.6 is 11.3 Å². The molecule has 1 aromatic carbocycles. The van der Waals surface area contributed by atoms with Gasteiger partial charge in [-0.3, -0.25) is 9.97 Å². The summed E-state index contributed by atoms with van der Waals surface area (Å²) in [6, 6.07) is 6.71. The van der Waals surface area contributed by atoms with Crippen LogP contribution in [-0.4, -0.2) is 9.97 Å². The molecule has 0 radical (unpaired) electrons. The summed E-state index contributed by atoms with van der Waals surface area (Å²) >= 11 is 0.709. The molecule has 2 nitrogen and oxygen atoms in total. The van der Waals surface area contributed by atoms with Gasteiger partial charge in [0.15, 0.2) is 0 Å². The number of hydrogen-bond acceptors (Lipinski definition) is 3. The molecule has 0 amide bonds. The van der Waals surface area contributed by atoms with Crippen molar-refractivity contribution in [3.8, 4) is 22.4 Å². The van der Waals surface area contributed by atoms with Crippen LogP contribution < -0.4 is 0 Å². The first-order valence-corrected chi connectivity index (χ1v) is 7.37. The molecule has 0 aliphatic heterocycles. The molecule has 3 aromatic rings. The summed E-state index contributed by atoms with van der Waals surface area (Å²) in [5, 5.41) is 1.53. The molecule has 2 aromatic heterocycles. The molecule has 22 heavy (non-hydrogen) atoms. The van der Waals surface area contributed by atoms with Crippen molar-refractivity contribution in [1.82, 2.24) is 9.97 Å². The average molecular weight is 320 g/mol.